The van der Waals surface area contributed by atoms with Crippen LogP contribution in [0.4, 0.5) is 0 Å². The van der Waals surface area contributed by atoms with E-state index >= 15 is 0 Å². The Morgan fingerprint density at radius 3 is 1.21 bits per heavy atom. The van der Waals surface area contributed by atoms with Gasteiger partial charge in [0.1, 0.15) is 0 Å². The van der Waals surface area contributed by atoms with Gasteiger partial charge in [0, 0.05) is 0 Å². The lowest BCUT2D eigenvalue weighted by Gasteiger charge is -2.13. The summed E-state index contributed by atoms with van der Waals surface area (Å²) < 4.78 is 22.0. The lowest BCUT2D eigenvalue weighted by molar-refractivity contribution is 0.357. The Morgan fingerprint density at radius 1 is 0.500 bits per heavy atom. The lowest BCUT2D eigenvalue weighted by Crippen LogP contribution is -2.32. The van der Waals surface area contributed by atoms with E-state index in [1.54, 1.807) is 28.4 Å². The Kier molecular flexibility index (Phi) is 6.78. The van der Waals surface area contributed by atoms with E-state index in [0.717, 1.165) is 23.0 Å². The van der Waals surface area contributed by atoms with Gasteiger partial charge in [0.2, 0.25) is 0 Å². The van der Waals surface area contributed by atoms with Gasteiger partial charge in [0.15, 0.2) is 23.0 Å². The Morgan fingerprint density at radius 2 is 0.893 bits per heavy atom. The van der Waals surface area contributed by atoms with Crippen LogP contribution in [0, 0.1) is 0 Å². The summed E-state index contributed by atoms with van der Waals surface area (Å²) in [6, 6.07) is 21.2. The zero-order chi connectivity index (χ0) is 19.9. The second-order valence-electron chi connectivity index (χ2n) is 6.48. The summed E-state index contributed by atoms with van der Waals surface area (Å²) >= 11 is 0. The van der Waals surface area contributed by atoms with Crippen molar-refractivity contribution in [2.75, 3.05) is 28.4 Å². The van der Waals surface area contributed by atoms with Crippen LogP contribution in [-0.2, 0) is 0 Å². The SMILES string of the molecule is COc1cccc([SiH2]c2ccc([SiH2]c3cccc(OC)c3OC)cc2)c1OC. The molecule has 0 aliphatic carbocycles. The smallest absolute Gasteiger partial charge is 0.160 e. The molecule has 0 amide bonds. The highest BCUT2D eigenvalue weighted by Gasteiger charge is 2.12. The fourth-order valence-corrected chi connectivity index (χ4v) is 6.69. The first kappa shape index (κ1) is 20.0. The van der Waals surface area contributed by atoms with Crippen molar-refractivity contribution in [2.45, 2.75) is 0 Å². The molecule has 0 atom stereocenters. The second kappa shape index (κ2) is 9.48. The maximum atomic E-state index is 5.58. The van der Waals surface area contributed by atoms with Crippen LogP contribution in [0.2, 0.25) is 0 Å². The number of methoxy groups -OCH3 is 4. The number of hydrogen-bond acceptors (Lipinski definition) is 4. The molecule has 146 valence electrons. The standard InChI is InChI=1S/C22H26O4Si2/c1-23-17-7-5-9-19(21(17)25-3)27-15-11-13-16(14-12-15)28-20-10-6-8-18(24-2)22(20)26-4/h5-14H,27-28H2,1-4H3. The van der Waals surface area contributed by atoms with E-state index in [0.29, 0.717) is 0 Å². The van der Waals surface area contributed by atoms with E-state index in [2.05, 4.69) is 36.4 Å². The van der Waals surface area contributed by atoms with Crippen molar-refractivity contribution in [3.63, 3.8) is 0 Å². The average molecular weight is 411 g/mol. The first-order chi connectivity index (χ1) is 13.7. The third kappa shape index (κ3) is 4.40. The highest BCUT2D eigenvalue weighted by molar-refractivity contribution is 6.70. The predicted molar refractivity (Wildman–Crippen MR) is 121 cm³/mol. The van der Waals surface area contributed by atoms with Crippen LogP contribution in [0.25, 0.3) is 0 Å². The molecule has 0 heterocycles. The van der Waals surface area contributed by atoms with E-state index in [9.17, 15) is 0 Å². The molecule has 0 bridgehead atoms. The van der Waals surface area contributed by atoms with Gasteiger partial charge in [0.25, 0.3) is 0 Å². The number of benzene rings is 3. The molecule has 0 N–H and O–H groups in total. The fraction of sp³-hybridized carbons (Fsp3) is 0.182. The highest BCUT2D eigenvalue weighted by Crippen LogP contribution is 2.24. The maximum Gasteiger partial charge on any atom is 0.160 e. The molecule has 6 heteroatoms. The van der Waals surface area contributed by atoms with Crippen molar-refractivity contribution in [1.82, 2.24) is 0 Å². The molecule has 4 nitrogen and oxygen atoms in total. The minimum absolute atomic E-state index is 0.648. The van der Waals surface area contributed by atoms with Crippen molar-refractivity contribution >= 4 is 39.8 Å². The van der Waals surface area contributed by atoms with Crippen LogP contribution in [-0.4, -0.2) is 47.5 Å². The molecule has 0 aromatic heterocycles. The molecule has 3 rings (SSSR count). The van der Waals surface area contributed by atoms with Gasteiger partial charge in [-0.3, -0.25) is 0 Å². The second-order valence-corrected chi connectivity index (χ2v) is 10.3. The van der Waals surface area contributed by atoms with Gasteiger partial charge in [-0.1, -0.05) is 58.9 Å². The molecular formula is C22H26O4Si2. The number of para-hydroxylation sites is 2. The molecule has 3 aromatic rings. The van der Waals surface area contributed by atoms with E-state index < -0.39 is 19.0 Å². The average Bonchev–Trinajstić information content (AvgIpc) is 2.74. The first-order valence-electron chi connectivity index (χ1n) is 9.17. The topological polar surface area (TPSA) is 36.9 Å². The Labute approximate surface area is 171 Å². The van der Waals surface area contributed by atoms with E-state index in [-0.39, 0.29) is 0 Å². The lowest BCUT2D eigenvalue weighted by atomic mass is 10.3. The molecule has 0 aliphatic rings. The van der Waals surface area contributed by atoms with Gasteiger partial charge in [-0.05, 0) is 22.5 Å². The Balaban J connectivity index is 1.78. The first-order valence-corrected chi connectivity index (χ1v) is 12.0. The molecule has 0 aliphatic heterocycles. The van der Waals surface area contributed by atoms with Crippen molar-refractivity contribution in [2.24, 2.45) is 0 Å². The Bertz CT molecular complexity index is 850. The zero-order valence-corrected chi connectivity index (χ0v) is 19.6. The van der Waals surface area contributed by atoms with Crippen molar-refractivity contribution in [3.8, 4) is 23.0 Å². The monoisotopic (exact) mass is 410 g/mol. The van der Waals surface area contributed by atoms with Gasteiger partial charge in [-0.2, -0.15) is 0 Å². The van der Waals surface area contributed by atoms with E-state index in [4.69, 9.17) is 18.9 Å². The summed E-state index contributed by atoms with van der Waals surface area (Å²) in [4.78, 5) is 0. The minimum Gasteiger partial charge on any atom is -0.493 e. The van der Waals surface area contributed by atoms with Crippen molar-refractivity contribution < 1.29 is 18.9 Å². The molecule has 0 fully saturated rings. The summed E-state index contributed by atoms with van der Waals surface area (Å²) in [7, 11) is 5.46. The van der Waals surface area contributed by atoms with Gasteiger partial charge in [0.05, 0.1) is 47.5 Å². The largest absolute Gasteiger partial charge is 0.493 e. The van der Waals surface area contributed by atoms with Gasteiger partial charge in [-0.25, -0.2) is 0 Å². The van der Waals surface area contributed by atoms with Gasteiger partial charge >= 0.3 is 0 Å². The van der Waals surface area contributed by atoms with Crippen LogP contribution >= 0.6 is 0 Å². The van der Waals surface area contributed by atoms with Crippen molar-refractivity contribution in [1.29, 1.82) is 0 Å². The molecule has 0 unspecified atom stereocenters. The predicted octanol–water partition coefficient (Wildman–Crippen LogP) is -0.0398. The number of ether oxygens (including phenoxy) is 4. The maximum absolute atomic E-state index is 5.58. The molecule has 0 spiro atoms. The van der Waals surface area contributed by atoms with E-state index in [1.807, 2.05) is 24.3 Å². The molecular weight excluding hydrogens is 384 g/mol. The van der Waals surface area contributed by atoms with Gasteiger partial charge < -0.3 is 18.9 Å². The number of hydrogen-bond donors (Lipinski definition) is 0. The summed E-state index contributed by atoms with van der Waals surface area (Å²) in [5.74, 6) is 3.30. The van der Waals surface area contributed by atoms with Crippen LogP contribution in [0.3, 0.4) is 0 Å². The summed E-state index contributed by atoms with van der Waals surface area (Å²) in [5.41, 5.74) is 0. The molecule has 28 heavy (non-hydrogen) atoms. The number of rotatable bonds is 8. The van der Waals surface area contributed by atoms with Crippen LogP contribution < -0.4 is 39.7 Å². The minimum atomic E-state index is -0.648. The molecule has 0 saturated heterocycles. The zero-order valence-electron chi connectivity index (χ0n) is 16.8. The third-order valence-corrected chi connectivity index (χ3v) is 8.42. The molecule has 3 aromatic carbocycles. The van der Waals surface area contributed by atoms with Crippen LogP contribution in [0.15, 0.2) is 60.7 Å². The van der Waals surface area contributed by atoms with Crippen molar-refractivity contribution in [3.05, 3.63) is 60.7 Å². The quantitative estimate of drug-likeness (QED) is 0.489. The van der Waals surface area contributed by atoms with Crippen LogP contribution in [0.1, 0.15) is 0 Å². The summed E-state index contributed by atoms with van der Waals surface area (Å²) in [6.07, 6.45) is 0. The molecule has 0 radical (unpaired) electrons. The normalized spacial score (nSPS) is 11.3. The fourth-order valence-electron chi connectivity index (χ4n) is 3.40. The molecule has 0 saturated carbocycles. The van der Waals surface area contributed by atoms with Crippen LogP contribution in [0.5, 0.6) is 23.0 Å². The summed E-state index contributed by atoms with van der Waals surface area (Å²) in [5, 5.41) is 5.26. The highest BCUT2D eigenvalue weighted by atomic mass is 28.2. The Hall–Kier alpha value is -2.71. The third-order valence-electron chi connectivity index (χ3n) is 4.78. The summed E-state index contributed by atoms with van der Waals surface area (Å²) in [6.45, 7) is 0. The van der Waals surface area contributed by atoms with E-state index in [1.165, 1.54) is 20.7 Å². The van der Waals surface area contributed by atoms with Gasteiger partial charge in [-0.15, -0.1) is 0 Å².